The van der Waals surface area contributed by atoms with Gasteiger partial charge in [-0.15, -0.1) is 0 Å². The van der Waals surface area contributed by atoms with E-state index in [1.165, 1.54) is 12.4 Å². The van der Waals surface area contributed by atoms with Crippen LogP contribution in [0.2, 0.25) is 5.02 Å². The maximum atomic E-state index is 12.5. The van der Waals surface area contributed by atoms with Crippen molar-refractivity contribution in [2.24, 2.45) is 0 Å². The summed E-state index contributed by atoms with van der Waals surface area (Å²) in [5, 5.41) is 9.45. The molecule has 1 aromatic heterocycles. The summed E-state index contributed by atoms with van der Waals surface area (Å²) in [5.41, 5.74) is 1.81. The Kier molecular flexibility index (Phi) is 4.91. The fourth-order valence-electron chi connectivity index (χ4n) is 2.02. The van der Waals surface area contributed by atoms with Gasteiger partial charge in [0.2, 0.25) is 0 Å². The number of halogens is 1. The minimum absolute atomic E-state index is 0.169. The maximum absolute atomic E-state index is 12.5. The first-order valence-corrected chi connectivity index (χ1v) is 6.92. The lowest BCUT2D eigenvalue weighted by Crippen LogP contribution is -2.30. The van der Waals surface area contributed by atoms with Crippen LogP contribution in [0.15, 0.2) is 42.7 Å². The highest BCUT2D eigenvalue weighted by molar-refractivity contribution is 6.33. The number of carbonyl (C=O) groups is 1. The highest BCUT2D eigenvalue weighted by Gasteiger charge is 2.18. The van der Waals surface area contributed by atoms with Crippen LogP contribution in [0.3, 0.4) is 0 Å². The average molecular weight is 300 g/mol. The molecule has 0 saturated carbocycles. The summed E-state index contributed by atoms with van der Waals surface area (Å²) in [6, 6.07) is 11.0. The van der Waals surface area contributed by atoms with Crippen molar-refractivity contribution in [3.63, 3.8) is 0 Å². The molecule has 0 unspecified atom stereocenters. The number of carbonyl (C=O) groups excluding carboxylic acids is 1. The van der Waals surface area contributed by atoms with Gasteiger partial charge in [-0.25, -0.2) is 0 Å². The smallest absolute Gasteiger partial charge is 0.255 e. The molecule has 0 fully saturated rings. The van der Waals surface area contributed by atoms with Crippen LogP contribution in [-0.4, -0.2) is 22.3 Å². The lowest BCUT2D eigenvalue weighted by molar-refractivity contribution is 0.0752. The van der Waals surface area contributed by atoms with E-state index < -0.39 is 0 Å². The normalized spacial score (nSPS) is 9.95. The van der Waals surface area contributed by atoms with E-state index in [0.29, 0.717) is 29.2 Å². The van der Waals surface area contributed by atoms with Crippen LogP contribution in [0, 0.1) is 11.3 Å². The van der Waals surface area contributed by atoms with Gasteiger partial charge < -0.3 is 4.90 Å². The fraction of sp³-hybridized carbons (Fsp3) is 0.188. The quantitative estimate of drug-likeness (QED) is 0.870. The Labute approximate surface area is 128 Å². The van der Waals surface area contributed by atoms with Crippen LogP contribution in [0.25, 0.3) is 0 Å². The number of hydrogen-bond donors (Lipinski definition) is 0. The van der Waals surface area contributed by atoms with Crippen LogP contribution in [0.4, 0.5) is 0 Å². The molecule has 1 aromatic carbocycles. The second kappa shape index (κ2) is 6.87. The molecule has 106 valence electrons. The molecule has 0 aliphatic rings. The summed E-state index contributed by atoms with van der Waals surface area (Å²) in [7, 11) is 0. The third-order valence-corrected chi connectivity index (χ3v) is 3.47. The molecule has 0 N–H and O–H groups in total. The molecule has 5 heteroatoms. The van der Waals surface area contributed by atoms with Crippen molar-refractivity contribution in [3.8, 4) is 6.07 Å². The molecule has 0 radical (unpaired) electrons. The van der Waals surface area contributed by atoms with Crippen molar-refractivity contribution >= 4 is 17.5 Å². The van der Waals surface area contributed by atoms with E-state index in [9.17, 15) is 4.79 Å². The first-order chi connectivity index (χ1) is 10.2. The van der Waals surface area contributed by atoms with Crippen LogP contribution in [0.1, 0.15) is 28.4 Å². The van der Waals surface area contributed by atoms with Gasteiger partial charge in [0.15, 0.2) is 0 Å². The van der Waals surface area contributed by atoms with Crippen LogP contribution < -0.4 is 0 Å². The van der Waals surface area contributed by atoms with Crippen molar-refractivity contribution in [1.82, 2.24) is 9.88 Å². The van der Waals surface area contributed by atoms with Gasteiger partial charge in [0.05, 0.1) is 22.2 Å². The SMILES string of the molecule is CCN(Cc1ccccc1C#N)C(=O)c1ccncc1Cl. The highest BCUT2D eigenvalue weighted by Crippen LogP contribution is 2.18. The molecule has 2 aromatic rings. The number of amides is 1. The van der Waals surface area contributed by atoms with Crippen LogP contribution in [-0.2, 0) is 6.54 Å². The third kappa shape index (κ3) is 3.39. The molecular formula is C16H14ClN3O. The summed E-state index contributed by atoms with van der Waals surface area (Å²) in [4.78, 5) is 18.1. The first-order valence-electron chi connectivity index (χ1n) is 6.54. The summed E-state index contributed by atoms with van der Waals surface area (Å²) in [6.45, 7) is 2.79. The van der Waals surface area contributed by atoms with Gasteiger partial charge in [0.1, 0.15) is 0 Å². The number of hydrogen-bond acceptors (Lipinski definition) is 3. The second-order valence-electron chi connectivity index (χ2n) is 4.44. The van der Waals surface area contributed by atoms with E-state index in [1.807, 2.05) is 19.1 Å². The molecule has 0 saturated heterocycles. The Morgan fingerprint density at radius 1 is 1.38 bits per heavy atom. The molecule has 2 rings (SSSR count). The summed E-state index contributed by atoms with van der Waals surface area (Å²) < 4.78 is 0. The lowest BCUT2D eigenvalue weighted by atomic mass is 10.1. The first kappa shape index (κ1) is 15.0. The Bertz CT molecular complexity index is 694. The van der Waals surface area contributed by atoms with Crippen LogP contribution in [0.5, 0.6) is 0 Å². The number of benzene rings is 1. The van der Waals surface area contributed by atoms with E-state index in [2.05, 4.69) is 11.1 Å². The minimum Gasteiger partial charge on any atom is -0.335 e. The van der Waals surface area contributed by atoms with Gasteiger partial charge in [-0.3, -0.25) is 9.78 Å². The summed E-state index contributed by atoms with van der Waals surface area (Å²) in [6.07, 6.45) is 2.99. The predicted octanol–water partition coefficient (Wildman–Crippen LogP) is 3.27. The molecule has 0 bridgehead atoms. The Morgan fingerprint density at radius 3 is 2.81 bits per heavy atom. The standard InChI is InChI=1S/C16H14ClN3O/c1-2-20(11-13-6-4-3-5-12(13)9-18)16(21)14-7-8-19-10-15(14)17/h3-8,10H,2,11H2,1H3. The zero-order chi connectivity index (χ0) is 15.2. The van der Waals surface area contributed by atoms with Gasteiger partial charge in [0.25, 0.3) is 5.91 Å². The Hall–Kier alpha value is -2.38. The van der Waals surface area contributed by atoms with Crippen molar-refractivity contribution in [2.45, 2.75) is 13.5 Å². The molecule has 21 heavy (non-hydrogen) atoms. The molecule has 1 heterocycles. The minimum atomic E-state index is -0.169. The molecular weight excluding hydrogens is 286 g/mol. The largest absolute Gasteiger partial charge is 0.335 e. The monoisotopic (exact) mass is 299 g/mol. The molecule has 1 amide bonds. The van der Waals surface area contributed by atoms with Crippen molar-refractivity contribution < 1.29 is 4.79 Å². The van der Waals surface area contributed by atoms with E-state index in [4.69, 9.17) is 16.9 Å². The van der Waals surface area contributed by atoms with Gasteiger partial charge in [-0.2, -0.15) is 5.26 Å². The average Bonchev–Trinajstić information content (AvgIpc) is 2.52. The van der Waals surface area contributed by atoms with Gasteiger partial charge in [0, 0.05) is 25.5 Å². The van der Waals surface area contributed by atoms with E-state index in [0.717, 1.165) is 5.56 Å². The Morgan fingerprint density at radius 2 is 2.14 bits per heavy atom. The van der Waals surface area contributed by atoms with Crippen molar-refractivity contribution in [2.75, 3.05) is 6.54 Å². The number of nitriles is 1. The summed E-state index contributed by atoms with van der Waals surface area (Å²) >= 11 is 6.02. The number of pyridine rings is 1. The second-order valence-corrected chi connectivity index (χ2v) is 4.85. The Balaban J connectivity index is 2.27. The number of rotatable bonds is 4. The van der Waals surface area contributed by atoms with Gasteiger partial charge >= 0.3 is 0 Å². The third-order valence-electron chi connectivity index (χ3n) is 3.17. The molecule has 0 aliphatic carbocycles. The zero-order valence-electron chi connectivity index (χ0n) is 11.6. The number of nitrogens with zero attached hydrogens (tertiary/aromatic N) is 3. The zero-order valence-corrected chi connectivity index (χ0v) is 12.3. The lowest BCUT2D eigenvalue weighted by Gasteiger charge is -2.22. The molecule has 0 atom stereocenters. The van der Waals surface area contributed by atoms with E-state index in [1.54, 1.807) is 23.1 Å². The maximum Gasteiger partial charge on any atom is 0.255 e. The molecule has 4 nitrogen and oxygen atoms in total. The van der Waals surface area contributed by atoms with Crippen LogP contribution >= 0.6 is 11.6 Å². The molecule has 0 spiro atoms. The topological polar surface area (TPSA) is 57.0 Å². The highest BCUT2D eigenvalue weighted by atomic mass is 35.5. The predicted molar refractivity (Wildman–Crippen MR) is 80.8 cm³/mol. The summed E-state index contributed by atoms with van der Waals surface area (Å²) in [5.74, 6) is -0.169. The van der Waals surface area contributed by atoms with Crippen molar-refractivity contribution in [3.05, 3.63) is 64.4 Å². The van der Waals surface area contributed by atoms with Gasteiger partial charge in [-0.05, 0) is 24.6 Å². The van der Waals surface area contributed by atoms with E-state index in [-0.39, 0.29) is 5.91 Å². The van der Waals surface area contributed by atoms with Gasteiger partial charge in [-0.1, -0.05) is 29.8 Å². The molecule has 0 aliphatic heterocycles. The fourth-order valence-corrected chi connectivity index (χ4v) is 2.22. The number of aromatic nitrogens is 1. The van der Waals surface area contributed by atoms with E-state index >= 15 is 0 Å². The van der Waals surface area contributed by atoms with Crippen molar-refractivity contribution in [1.29, 1.82) is 5.26 Å².